The Morgan fingerprint density at radius 1 is 1.22 bits per heavy atom. The molecule has 0 N–H and O–H groups in total. The highest BCUT2D eigenvalue weighted by atomic mass is 32.1. The second-order valence-electron chi connectivity index (χ2n) is 8.04. The Labute approximate surface area is 212 Å². The van der Waals surface area contributed by atoms with Gasteiger partial charge in [-0.15, -0.1) is 0 Å². The topological polar surface area (TPSA) is 103 Å². The van der Waals surface area contributed by atoms with Crippen molar-refractivity contribution < 1.29 is 19.0 Å². The van der Waals surface area contributed by atoms with Crippen molar-refractivity contribution >= 4 is 23.4 Å². The van der Waals surface area contributed by atoms with E-state index < -0.39 is 12.0 Å². The summed E-state index contributed by atoms with van der Waals surface area (Å²) in [6.07, 6.45) is 1.69. The molecule has 1 aliphatic heterocycles. The second kappa shape index (κ2) is 10.6. The van der Waals surface area contributed by atoms with Crippen molar-refractivity contribution in [3.05, 3.63) is 90.1 Å². The number of ether oxygens (including phenoxy) is 3. The number of nitrogens with zero attached hydrogens (tertiary/aromatic N) is 3. The van der Waals surface area contributed by atoms with E-state index in [2.05, 4.69) is 4.99 Å². The summed E-state index contributed by atoms with van der Waals surface area (Å²) in [6, 6.07) is 14.2. The molecule has 0 saturated carbocycles. The first kappa shape index (κ1) is 24.9. The van der Waals surface area contributed by atoms with Crippen LogP contribution >= 0.6 is 11.3 Å². The maximum atomic E-state index is 13.8. The number of esters is 1. The molecule has 1 aromatic heterocycles. The van der Waals surface area contributed by atoms with E-state index >= 15 is 0 Å². The number of fused-ring (bicyclic) bond motifs is 1. The Balaban J connectivity index is 1.95. The average Bonchev–Trinajstić information content (AvgIpc) is 3.17. The second-order valence-corrected chi connectivity index (χ2v) is 9.05. The number of methoxy groups -OCH3 is 1. The number of carbonyl (C=O) groups excluding carboxylic acids is 1. The van der Waals surface area contributed by atoms with Crippen molar-refractivity contribution in [2.45, 2.75) is 26.8 Å². The van der Waals surface area contributed by atoms with Crippen LogP contribution in [-0.2, 0) is 9.53 Å². The molecule has 4 rings (SSSR count). The quantitative estimate of drug-likeness (QED) is 0.459. The lowest BCUT2D eigenvalue weighted by atomic mass is 9.95. The number of benzene rings is 2. The van der Waals surface area contributed by atoms with Gasteiger partial charge in [0.2, 0.25) is 0 Å². The first-order valence-electron chi connectivity index (χ1n) is 11.3. The summed E-state index contributed by atoms with van der Waals surface area (Å²) in [5.41, 5.74) is 2.97. The van der Waals surface area contributed by atoms with Crippen molar-refractivity contribution in [2.24, 2.45) is 4.99 Å². The third-order valence-corrected chi connectivity index (χ3v) is 6.69. The molecule has 36 heavy (non-hydrogen) atoms. The summed E-state index contributed by atoms with van der Waals surface area (Å²) in [4.78, 5) is 31.8. The van der Waals surface area contributed by atoms with E-state index in [1.54, 1.807) is 38.1 Å². The Hall–Kier alpha value is -4.16. The molecule has 0 saturated heterocycles. The SMILES string of the molecule is CCOC(=O)C1=C(C)N=c2s/c(=C\c3cccc(OC)c3OCC#N)c(=O)n2[C@H]1c1ccc(C)cc1. The lowest BCUT2D eigenvalue weighted by molar-refractivity contribution is -0.139. The van der Waals surface area contributed by atoms with Gasteiger partial charge >= 0.3 is 5.97 Å². The highest BCUT2D eigenvalue weighted by Crippen LogP contribution is 2.32. The number of aryl methyl sites for hydroxylation is 1. The van der Waals surface area contributed by atoms with Crippen molar-refractivity contribution in [3.8, 4) is 17.6 Å². The number of thiazole rings is 1. The van der Waals surface area contributed by atoms with Crippen LogP contribution in [0.4, 0.5) is 0 Å². The van der Waals surface area contributed by atoms with Gasteiger partial charge in [-0.05, 0) is 38.5 Å². The molecule has 0 unspecified atom stereocenters. The molecule has 2 heterocycles. The Morgan fingerprint density at radius 2 is 1.97 bits per heavy atom. The lowest BCUT2D eigenvalue weighted by Crippen LogP contribution is -2.39. The average molecular weight is 504 g/mol. The van der Waals surface area contributed by atoms with Crippen molar-refractivity contribution in [1.29, 1.82) is 5.26 Å². The summed E-state index contributed by atoms with van der Waals surface area (Å²) in [6.45, 7) is 5.51. The van der Waals surface area contributed by atoms with E-state index in [-0.39, 0.29) is 18.8 Å². The number of aromatic nitrogens is 1. The molecular formula is C27H25N3O5S. The standard InChI is InChI=1S/C27H25N3O5S/c1-5-34-26(32)22-17(3)29-27-30(23(22)18-11-9-16(2)10-12-18)25(31)21(36-27)15-19-7-6-8-20(33-4)24(19)35-14-13-28/h6-12,15,23H,5,14H2,1-4H3/b21-15-/t23-/m0/s1. The molecule has 0 radical (unpaired) electrons. The predicted molar refractivity (Wildman–Crippen MR) is 136 cm³/mol. The zero-order chi connectivity index (χ0) is 25.8. The highest BCUT2D eigenvalue weighted by molar-refractivity contribution is 7.07. The van der Waals surface area contributed by atoms with E-state index in [1.807, 2.05) is 37.3 Å². The highest BCUT2D eigenvalue weighted by Gasteiger charge is 2.33. The Morgan fingerprint density at radius 3 is 2.64 bits per heavy atom. The van der Waals surface area contributed by atoms with Crippen molar-refractivity contribution in [2.75, 3.05) is 20.3 Å². The first-order valence-corrected chi connectivity index (χ1v) is 12.1. The van der Waals surface area contributed by atoms with Gasteiger partial charge in [-0.2, -0.15) is 5.26 Å². The zero-order valence-electron chi connectivity index (χ0n) is 20.4. The molecule has 8 nitrogen and oxygen atoms in total. The van der Waals surface area contributed by atoms with Crippen LogP contribution in [0, 0.1) is 18.3 Å². The van der Waals surface area contributed by atoms with Crippen LogP contribution in [0.5, 0.6) is 11.5 Å². The molecule has 0 amide bonds. The monoisotopic (exact) mass is 503 g/mol. The number of carbonyl (C=O) groups is 1. The maximum Gasteiger partial charge on any atom is 0.338 e. The van der Waals surface area contributed by atoms with Crippen molar-refractivity contribution in [1.82, 2.24) is 4.57 Å². The van der Waals surface area contributed by atoms with E-state index in [0.717, 1.165) is 11.1 Å². The molecule has 9 heteroatoms. The van der Waals surface area contributed by atoms with Gasteiger partial charge < -0.3 is 14.2 Å². The van der Waals surface area contributed by atoms with Crippen LogP contribution in [0.15, 0.2) is 63.5 Å². The van der Waals surface area contributed by atoms with Gasteiger partial charge in [0.15, 0.2) is 22.9 Å². The number of nitriles is 1. The van der Waals surface area contributed by atoms with E-state index in [9.17, 15) is 9.59 Å². The molecule has 0 fully saturated rings. The summed E-state index contributed by atoms with van der Waals surface area (Å²) in [5.74, 6) is 0.314. The van der Waals surface area contributed by atoms with Gasteiger partial charge in [0.1, 0.15) is 6.07 Å². The van der Waals surface area contributed by atoms with Crippen LogP contribution in [0.2, 0.25) is 0 Å². The van der Waals surface area contributed by atoms with Crippen LogP contribution < -0.4 is 24.4 Å². The minimum absolute atomic E-state index is 0.169. The first-order chi connectivity index (χ1) is 17.4. The number of para-hydroxylation sites is 1. The minimum Gasteiger partial charge on any atom is -0.493 e. The molecule has 1 aliphatic rings. The fourth-order valence-electron chi connectivity index (χ4n) is 4.06. The predicted octanol–water partition coefficient (Wildman–Crippen LogP) is 3.02. The molecule has 0 bridgehead atoms. The van der Waals surface area contributed by atoms with E-state index in [1.165, 1.54) is 23.0 Å². The molecule has 0 aliphatic carbocycles. The fraction of sp³-hybridized carbons (Fsp3) is 0.259. The van der Waals surface area contributed by atoms with E-state index in [0.29, 0.717) is 37.7 Å². The molecule has 0 spiro atoms. The van der Waals surface area contributed by atoms with E-state index in [4.69, 9.17) is 19.5 Å². The van der Waals surface area contributed by atoms with Gasteiger partial charge in [-0.25, -0.2) is 9.79 Å². The van der Waals surface area contributed by atoms with Crippen LogP contribution in [0.3, 0.4) is 0 Å². The third kappa shape index (κ3) is 4.68. The molecule has 184 valence electrons. The number of rotatable bonds is 7. The molecular weight excluding hydrogens is 478 g/mol. The molecule has 2 aromatic carbocycles. The third-order valence-electron chi connectivity index (χ3n) is 5.71. The Kier molecular flexibility index (Phi) is 7.36. The van der Waals surface area contributed by atoms with Gasteiger partial charge in [-0.1, -0.05) is 53.3 Å². The number of hydrogen-bond acceptors (Lipinski definition) is 8. The van der Waals surface area contributed by atoms with Gasteiger partial charge in [0.05, 0.1) is 35.6 Å². The number of hydrogen-bond donors (Lipinski definition) is 0. The molecule has 3 aromatic rings. The normalized spacial score (nSPS) is 15.1. The van der Waals surface area contributed by atoms with Crippen LogP contribution in [-0.4, -0.2) is 30.9 Å². The summed E-state index contributed by atoms with van der Waals surface area (Å²) in [5, 5.41) is 8.98. The fourth-order valence-corrected chi connectivity index (χ4v) is 5.10. The van der Waals surface area contributed by atoms with Crippen molar-refractivity contribution in [3.63, 3.8) is 0 Å². The lowest BCUT2D eigenvalue weighted by Gasteiger charge is -2.24. The van der Waals surface area contributed by atoms with Crippen LogP contribution in [0.25, 0.3) is 6.08 Å². The van der Waals surface area contributed by atoms with Gasteiger partial charge in [0, 0.05) is 5.56 Å². The minimum atomic E-state index is -0.678. The zero-order valence-corrected chi connectivity index (χ0v) is 21.2. The molecule has 1 atom stereocenters. The summed E-state index contributed by atoms with van der Waals surface area (Å²) >= 11 is 1.22. The number of allylic oxidation sites excluding steroid dienone is 1. The van der Waals surface area contributed by atoms with Gasteiger partial charge in [-0.3, -0.25) is 9.36 Å². The maximum absolute atomic E-state index is 13.8. The largest absolute Gasteiger partial charge is 0.493 e. The Bertz CT molecular complexity index is 1560. The smallest absolute Gasteiger partial charge is 0.338 e. The van der Waals surface area contributed by atoms with Crippen LogP contribution in [0.1, 0.15) is 36.6 Å². The summed E-state index contributed by atoms with van der Waals surface area (Å²) < 4.78 is 18.3. The van der Waals surface area contributed by atoms with Gasteiger partial charge in [0.25, 0.3) is 5.56 Å². The summed E-state index contributed by atoms with van der Waals surface area (Å²) in [7, 11) is 1.51.